The standard InChI is InChI=1S/C16H13ClFNS/c17-11-5-6-14(18)10(7-11)8-15(19)13-9-20-16-4-2-1-3-12(13)16/h1-7,9,15H,8,19H2. The highest BCUT2D eigenvalue weighted by Gasteiger charge is 2.14. The number of thiophene rings is 1. The fraction of sp³-hybridized carbons (Fsp3) is 0.125. The van der Waals surface area contributed by atoms with Crippen molar-refractivity contribution in [2.75, 3.05) is 0 Å². The summed E-state index contributed by atoms with van der Waals surface area (Å²) in [7, 11) is 0. The summed E-state index contributed by atoms with van der Waals surface area (Å²) in [6, 6.07) is 12.5. The molecule has 4 heteroatoms. The highest BCUT2D eigenvalue weighted by atomic mass is 35.5. The molecule has 0 aliphatic heterocycles. The Morgan fingerprint density at radius 1 is 1.20 bits per heavy atom. The lowest BCUT2D eigenvalue weighted by Gasteiger charge is -2.12. The van der Waals surface area contributed by atoms with Crippen molar-refractivity contribution < 1.29 is 4.39 Å². The number of nitrogens with two attached hydrogens (primary N) is 1. The van der Waals surface area contributed by atoms with Gasteiger partial charge in [-0.2, -0.15) is 0 Å². The molecule has 0 spiro atoms. The first kappa shape index (κ1) is 13.6. The van der Waals surface area contributed by atoms with E-state index in [0.717, 1.165) is 10.9 Å². The van der Waals surface area contributed by atoms with E-state index in [9.17, 15) is 4.39 Å². The van der Waals surface area contributed by atoms with Crippen LogP contribution in [0.1, 0.15) is 17.2 Å². The van der Waals surface area contributed by atoms with Gasteiger partial charge >= 0.3 is 0 Å². The second kappa shape index (κ2) is 5.52. The molecule has 1 unspecified atom stereocenters. The zero-order valence-electron chi connectivity index (χ0n) is 10.6. The molecule has 1 atom stereocenters. The number of rotatable bonds is 3. The molecule has 1 heterocycles. The molecule has 0 amide bonds. The van der Waals surface area contributed by atoms with Gasteiger partial charge in [-0.05, 0) is 52.6 Å². The Morgan fingerprint density at radius 3 is 2.85 bits per heavy atom. The Bertz CT molecular complexity index is 753. The summed E-state index contributed by atoms with van der Waals surface area (Å²) in [5, 5.41) is 3.73. The lowest BCUT2D eigenvalue weighted by Crippen LogP contribution is -2.13. The van der Waals surface area contributed by atoms with Gasteiger partial charge in [0.25, 0.3) is 0 Å². The van der Waals surface area contributed by atoms with Crippen LogP contribution in [0.3, 0.4) is 0 Å². The lowest BCUT2D eigenvalue weighted by atomic mass is 9.99. The lowest BCUT2D eigenvalue weighted by molar-refractivity contribution is 0.594. The molecule has 102 valence electrons. The zero-order chi connectivity index (χ0) is 14.1. The van der Waals surface area contributed by atoms with Gasteiger partial charge in [0, 0.05) is 15.8 Å². The summed E-state index contributed by atoms with van der Waals surface area (Å²) in [5.74, 6) is -0.260. The van der Waals surface area contributed by atoms with Gasteiger partial charge in [-0.15, -0.1) is 11.3 Å². The minimum Gasteiger partial charge on any atom is -0.324 e. The maximum Gasteiger partial charge on any atom is 0.126 e. The van der Waals surface area contributed by atoms with Crippen molar-refractivity contribution in [3.8, 4) is 0 Å². The summed E-state index contributed by atoms with van der Waals surface area (Å²) < 4.78 is 15.0. The van der Waals surface area contributed by atoms with E-state index in [0.29, 0.717) is 17.0 Å². The van der Waals surface area contributed by atoms with E-state index < -0.39 is 0 Å². The van der Waals surface area contributed by atoms with Crippen molar-refractivity contribution in [1.29, 1.82) is 0 Å². The molecule has 0 aliphatic rings. The van der Waals surface area contributed by atoms with E-state index in [1.54, 1.807) is 23.5 Å². The van der Waals surface area contributed by atoms with Crippen molar-refractivity contribution in [1.82, 2.24) is 0 Å². The van der Waals surface area contributed by atoms with E-state index in [1.165, 1.54) is 10.8 Å². The molecule has 3 aromatic rings. The maximum absolute atomic E-state index is 13.8. The van der Waals surface area contributed by atoms with Crippen molar-refractivity contribution in [3.63, 3.8) is 0 Å². The molecule has 0 radical (unpaired) electrons. The quantitative estimate of drug-likeness (QED) is 0.729. The second-order valence-electron chi connectivity index (χ2n) is 4.73. The van der Waals surface area contributed by atoms with E-state index in [1.807, 2.05) is 12.1 Å². The Balaban J connectivity index is 1.93. The molecule has 3 rings (SSSR count). The summed E-state index contributed by atoms with van der Waals surface area (Å²) in [4.78, 5) is 0. The van der Waals surface area contributed by atoms with Gasteiger partial charge in [0.2, 0.25) is 0 Å². The van der Waals surface area contributed by atoms with Crippen LogP contribution in [0.5, 0.6) is 0 Å². The molecular formula is C16H13ClFNS. The van der Waals surface area contributed by atoms with Crippen LogP contribution < -0.4 is 5.73 Å². The van der Waals surface area contributed by atoms with Crippen molar-refractivity contribution in [2.45, 2.75) is 12.5 Å². The van der Waals surface area contributed by atoms with Gasteiger partial charge in [0.15, 0.2) is 0 Å². The van der Waals surface area contributed by atoms with Gasteiger partial charge in [0.05, 0.1) is 0 Å². The highest BCUT2D eigenvalue weighted by molar-refractivity contribution is 7.17. The van der Waals surface area contributed by atoms with Gasteiger partial charge in [-0.25, -0.2) is 4.39 Å². The minimum atomic E-state index is -0.260. The van der Waals surface area contributed by atoms with Gasteiger partial charge < -0.3 is 5.73 Å². The number of benzene rings is 2. The van der Waals surface area contributed by atoms with E-state index >= 15 is 0 Å². The van der Waals surface area contributed by atoms with Crippen LogP contribution in [0.2, 0.25) is 5.02 Å². The van der Waals surface area contributed by atoms with Crippen molar-refractivity contribution in [3.05, 3.63) is 69.8 Å². The molecule has 2 aromatic carbocycles. The number of halogens is 2. The van der Waals surface area contributed by atoms with Gasteiger partial charge in [-0.3, -0.25) is 0 Å². The molecule has 0 fully saturated rings. The molecule has 1 aromatic heterocycles. The SMILES string of the molecule is NC(Cc1cc(Cl)ccc1F)c1csc2ccccc12. The number of fused-ring (bicyclic) bond motifs is 1. The fourth-order valence-electron chi connectivity index (χ4n) is 2.33. The molecule has 0 aliphatic carbocycles. The summed E-state index contributed by atoms with van der Waals surface area (Å²) in [5.41, 5.74) is 7.87. The molecular weight excluding hydrogens is 293 g/mol. The molecule has 0 bridgehead atoms. The van der Waals surface area contributed by atoms with Gasteiger partial charge in [-0.1, -0.05) is 29.8 Å². The average Bonchev–Trinajstić information content (AvgIpc) is 2.87. The minimum absolute atomic E-state index is 0.237. The fourth-order valence-corrected chi connectivity index (χ4v) is 3.55. The maximum atomic E-state index is 13.8. The van der Waals surface area contributed by atoms with Crippen LogP contribution in [0.15, 0.2) is 47.8 Å². The van der Waals surface area contributed by atoms with Crippen LogP contribution in [-0.4, -0.2) is 0 Å². The Kier molecular flexibility index (Phi) is 3.74. The molecule has 1 nitrogen and oxygen atoms in total. The van der Waals surface area contributed by atoms with Crippen LogP contribution in [-0.2, 0) is 6.42 Å². The predicted octanol–water partition coefficient (Wildman–Crippen LogP) is 4.94. The Hall–Kier alpha value is -1.42. The van der Waals surface area contributed by atoms with Crippen LogP contribution >= 0.6 is 22.9 Å². The molecule has 0 saturated carbocycles. The van der Waals surface area contributed by atoms with Gasteiger partial charge in [0.1, 0.15) is 5.82 Å². The first-order chi connectivity index (χ1) is 9.65. The summed E-state index contributed by atoms with van der Waals surface area (Å²) in [6.45, 7) is 0. The molecule has 20 heavy (non-hydrogen) atoms. The van der Waals surface area contributed by atoms with E-state index in [-0.39, 0.29) is 11.9 Å². The van der Waals surface area contributed by atoms with Crippen LogP contribution in [0.25, 0.3) is 10.1 Å². The monoisotopic (exact) mass is 305 g/mol. The molecule has 2 N–H and O–H groups in total. The first-order valence-electron chi connectivity index (χ1n) is 6.31. The summed E-state index contributed by atoms with van der Waals surface area (Å²) >= 11 is 7.58. The third-order valence-corrected chi connectivity index (χ3v) is 4.57. The highest BCUT2D eigenvalue weighted by Crippen LogP contribution is 2.31. The largest absolute Gasteiger partial charge is 0.324 e. The van der Waals surface area contributed by atoms with Crippen LogP contribution in [0.4, 0.5) is 4.39 Å². The topological polar surface area (TPSA) is 26.0 Å². The normalized spacial score (nSPS) is 12.8. The zero-order valence-corrected chi connectivity index (χ0v) is 12.2. The predicted molar refractivity (Wildman–Crippen MR) is 83.9 cm³/mol. The number of hydrogen-bond acceptors (Lipinski definition) is 2. The Labute approximate surface area is 125 Å². The van der Waals surface area contributed by atoms with Crippen LogP contribution in [0, 0.1) is 5.82 Å². The van der Waals surface area contributed by atoms with E-state index in [4.69, 9.17) is 17.3 Å². The van der Waals surface area contributed by atoms with Crippen molar-refractivity contribution >= 4 is 33.0 Å². The molecule has 0 saturated heterocycles. The Morgan fingerprint density at radius 2 is 2.00 bits per heavy atom. The summed E-state index contributed by atoms with van der Waals surface area (Å²) in [6.07, 6.45) is 0.438. The first-order valence-corrected chi connectivity index (χ1v) is 7.56. The second-order valence-corrected chi connectivity index (χ2v) is 6.08. The third-order valence-electron chi connectivity index (χ3n) is 3.36. The smallest absolute Gasteiger partial charge is 0.126 e. The average molecular weight is 306 g/mol. The van der Waals surface area contributed by atoms with E-state index in [2.05, 4.69) is 17.5 Å². The van der Waals surface area contributed by atoms with Crippen molar-refractivity contribution in [2.24, 2.45) is 5.73 Å². The number of hydrogen-bond donors (Lipinski definition) is 1. The third kappa shape index (κ3) is 2.57.